The van der Waals surface area contributed by atoms with Gasteiger partial charge in [0, 0.05) is 19.1 Å². The molecule has 1 N–H and O–H groups in total. The molecule has 0 bridgehead atoms. The van der Waals surface area contributed by atoms with E-state index in [1.807, 2.05) is 6.07 Å². The molecule has 2 aliphatic rings. The van der Waals surface area contributed by atoms with E-state index in [1.165, 1.54) is 16.1 Å². The van der Waals surface area contributed by atoms with Gasteiger partial charge >= 0.3 is 0 Å². The number of nitrogens with zero attached hydrogens (tertiary/aromatic N) is 2. The van der Waals surface area contributed by atoms with Crippen LogP contribution >= 0.6 is 0 Å². The van der Waals surface area contributed by atoms with Crippen molar-refractivity contribution in [2.75, 3.05) is 39.0 Å². The Bertz CT molecular complexity index is 692. The van der Waals surface area contributed by atoms with E-state index in [0.29, 0.717) is 38.4 Å². The normalized spacial score (nSPS) is 21.6. The number of hydrogen-bond donors (Lipinski definition) is 1. The minimum absolute atomic E-state index is 0.0565. The van der Waals surface area contributed by atoms with Gasteiger partial charge in [-0.25, -0.2) is 12.7 Å². The molecule has 26 heavy (non-hydrogen) atoms. The number of nitrogens with one attached hydrogen (secondary N) is 1. The lowest BCUT2D eigenvalue weighted by Gasteiger charge is -2.33. The van der Waals surface area contributed by atoms with Gasteiger partial charge in [0.2, 0.25) is 15.9 Å². The number of carbonyl (C=O) groups excluding carboxylic acids is 1. The maximum atomic E-state index is 12.3. The summed E-state index contributed by atoms with van der Waals surface area (Å²) in [6, 6.07) is 10.7. The van der Waals surface area contributed by atoms with Crippen molar-refractivity contribution in [2.24, 2.45) is 0 Å². The van der Waals surface area contributed by atoms with E-state index in [2.05, 4.69) is 34.5 Å². The van der Waals surface area contributed by atoms with Crippen LogP contribution in [0.4, 0.5) is 0 Å². The molecular weight excluding hydrogens is 350 g/mol. The minimum atomic E-state index is -3.12. The van der Waals surface area contributed by atoms with Crippen LogP contribution < -0.4 is 5.32 Å². The lowest BCUT2D eigenvalue weighted by atomic mass is 9.89. The Balaban J connectivity index is 1.39. The third kappa shape index (κ3) is 5.28. The van der Waals surface area contributed by atoms with Crippen molar-refractivity contribution >= 4 is 15.9 Å². The van der Waals surface area contributed by atoms with Crippen LogP contribution in [0.15, 0.2) is 30.3 Å². The summed E-state index contributed by atoms with van der Waals surface area (Å²) in [6.45, 7) is 3.31. The predicted molar refractivity (Wildman–Crippen MR) is 102 cm³/mol. The van der Waals surface area contributed by atoms with Gasteiger partial charge in [-0.1, -0.05) is 30.3 Å². The Hall–Kier alpha value is -1.44. The first kappa shape index (κ1) is 19.3. The second-order valence-corrected chi connectivity index (χ2v) is 9.45. The van der Waals surface area contributed by atoms with Crippen LogP contribution in [0, 0.1) is 0 Å². The number of likely N-dealkylation sites (tertiary alicyclic amines) is 1. The first-order valence-electron chi connectivity index (χ1n) is 9.43. The van der Waals surface area contributed by atoms with E-state index in [0.717, 1.165) is 25.9 Å². The van der Waals surface area contributed by atoms with Crippen LogP contribution in [0.1, 0.15) is 37.2 Å². The summed E-state index contributed by atoms with van der Waals surface area (Å²) >= 11 is 0. The smallest absolute Gasteiger partial charge is 0.234 e. The highest BCUT2D eigenvalue weighted by atomic mass is 32.2. The Morgan fingerprint density at radius 2 is 1.65 bits per heavy atom. The van der Waals surface area contributed by atoms with E-state index in [4.69, 9.17) is 0 Å². The van der Waals surface area contributed by atoms with Gasteiger partial charge in [-0.3, -0.25) is 9.69 Å². The zero-order valence-corrected chi connectivity index (χ0v) is 16.2. The number of benzene rings is 1. The molecule has 0 saturated carbocycles. The van der Waals surface area contributed by atoms with E-state index in [9.17, 15) is 13.2 Å². The van der Waals surface area contributed by atoms with Gasteiger partial charge in [-0.15, -0.1) is 0 Å². The Kier molecular flexibility index (Phi) is 6.32. The average Bonchev–Trinajstić information content (AvgIpc) is 2.63. The molecule has 1 amide bonds. The molecule has 6 nitrogen and oxygen atoms in total. The lowest BCUT2D eigenvalue weighted by Crippen LogP contribution is -2.49. The molecule has 0 unspecified atom stereocenters. The van der Waals surface area contributed by atoms with Crippen molar-refractivity contribution in [2.45, 2.75) is 37.6 Å². The number of piperidine rings is 2. The maximum Gasteiger partial charge on any atom is 0.234 e. The summed E-state index contributed by atoms with van der Waals surface area (Å²) < 4.78 is 24.6. The SMILES string of the molecule is CS(=O)(=O)N1CCC(NC(=O)CN2CCC(c3ccccc3)CC2)CC1. The molecular formula is C19H29N3O3S. The van der Waals surface area contributed by atoms with Gasteiger partial charge < -0.3 is 5.32 Å². The molecule has 0 atom stereocenters. The highest BCUT2D eigenvalue weighted by molar-refractivity contribution is 7.88. The van der Waals surface area contributed by atoms with Gasteiger partial charge in [-0.05, 0) is 50.3 Å². The fourth-order valence-corrected chi connectivity index (χ4v) is 4.83. The monoisotopic (exact) mass is 379 g/mol. The van der Waals surface area contributed by atoms with Crippen molar-refractivity contribution < 1.29 is 13.2 Å². The Morgan fingerprint density at radius 3 is 2.23 bits per heavy atom. The standard InChI is InChI=1S/C19H29N3O3S/c1-26(24,25)22-13-9-18(10-14-22)20-19(23)15-21-11-7-17(8-12-21)16-5-3-2-4-6-16/h2-6,17-18H,7-15H2,1H3,(H,20,23). The van der Waals surface area contributed by atoms with Gasteiger partial charge in [0.25, 0.3) is 0 Å². The summed E-state index contributed by atoms with van der Waals surface area (Å²) in [5, 5.41) is 3.08. The summed E-state index contributed by atoms with van der Waals surface area (Å²) in [5.41, 5.74) is 1.40. The van der Waals surface area contributed by atoms with Crippen LogP contribution in [-0.4, -0.2) is 68.6 Å². The number of hydrogen-bond acceptors (Lipinski definition) is 4. The van der Waals surface area contributed by atoms with Gasteiger partial charge in [-0.2, -0.15) is 0 Å². The molecule has 7 heteroatoms. The fraction of sp³-hybridized carbons (Fsp3) is 0.632. The van der Waals surface area contributed by atoms with Crippen molar-refractivity contribution in [3.63, 3.8) is 0 Å². The predicted octanol–water partition coefficient (Wildman–Crippen LogP) is 1.41. The summed E-state index contributed by atoms with van der Waals surface area (Å²) in [6.07, 6.45) is 4.79. The van der Waals surface area contributed by atoms with Crippen molar-refractivity contribution in [1.82, 2.24) is 14.5 Å². The third-order valence-corrected chi connectivity index (χ3v) is 6.82. The minimum Gasteiger partial charge on any atom is -0.352 e. The second-order valence-electron chi connectivity index (χ2n) is 7.46. The number of amides is 1. The largest absolute Gasteiger partial charge is 0.352 e. The summed E-state index contributed by atoms with van der Waals surface area (Å²) in [4.78, 5) is 14.5. The second kappa shape index (κ2) is 8.50. The first-order chi connectivity index (χ1) is 12.4. The zero-order valence-electron chi connectivity index (χ0n) is 15.4. The van der Waals surface area contributed by atoms with Crippen LogP contribution in [0.25, 0.3) is 0 Å². The Labute approximate surface area is 156 Å². The molecule has 1 aromatic carbocycles. The van der Waals surface area contributed by atoms with Crippen LogP contribution in [0.2, 0.25) is 0 Å². The van der Waals surface area contributed by atoms with Gasteiger partial charge in [0.15, 0.2) is 0 Å². The molecule has 144 valence electrons. The quantitative estimate of drug-likeness (QED) is 0.840. The van der Waals surface area contributed by atoms with Crippen molar-refractivity contribution in [1.29, 1.82) is 0 Å². The maximum absolute atomic E-state index is 12.3. The zero-order chi connectivity index (χ0) is 18.6. The molecule has 0 aliphatic carbocycles. The van der Waals surface area contributed by atoms with Crippen LogP contribution in [0.5, 0.6) is 0 Å². The summed E-state index contributed by atoms with van der Waals surface area (Å²) in [5.74, 6) is 0.650. The molecule has 0 radical (unpaired) electrons. The van der Waals surface area contributed by atoms with E-state index >= 15 is 0 Å². The molecule has 3 rings (SSSR count). The fourth-order valence-electron chi connectivity index (χ4n) is 3.96. The molecule has 2 fully saturated rings. The first-order valence-corrected chi connectivity index (χ1v) is 11.3. The van der Waals surface area contributed by atoms with E-state index in [-0.39, 0.29) is 11.9 Å². The molecule has 2 heterocycles. The summed E-state index contributed by atoms with van der Waals surface area (Å²) in [7, 11) is -3.12. The highest BCUT2D eigenvalue weighted by Gasteiger charge is 2.27. The number of sulfonamides is 1. The molecule has 0 spiro atoms. The number of carbonyl (C=O) groups is 1. The molecule has 0 aromatic heterocycles. The molecule has 2 aliphatic heterocycles. The Morgan fingerprint density at radius 1 is 1.04 bits per heavy atom. The lowest BCUT2D eigenvalue weighted by molar-refractivity contribution is -0.123. The van der Waals surface area contributed by atoms with E-state index < -0.39 is 10.0 Å². The van der Waals surface area contributed by atoms with Gasteiger partial charge in [0.1, 0.15) is 0 Å². The number of rotatable bonds is 5. The van der Waals surface area contributed by atoms with Gasteiger partial charge in [0.05, 0.1) is 12.8 Å². The third-order valence-electron chi connectivity index (χ3n) is 5.51. The highest BCUT2D eigenvalue weighted by Crippen LogP contribution is 2.27. The topological polar surface area (TPSA) is 69.7 Å². The molecule has 1 aromatic rings. The van der Waals surface area contributed by atoms with Crippen LogP contribution in [0.3, 0.4) is 0 Å². The van der Waals surface area contributed by atoms with E-state index in [1.54, 1.807) is 0 Å². The average molecular weight is 380 g/mol. The van der Waals surface area contributed by atoms with Crippen molar-refractivity contribution in [3.05, 3.63) is 35.9 Å². The molecule has 2 saturated heterocycles. The van der Waals surface area contributed by atoms with Crippen molar-refractivity contribution in [3.8, 4) is 0 Å². The van der Waals surface area contributed by atoms with Crippen LogP contribution in [-0.2, 0) is 14.8 Å².